The molecule has 3 aromatic rings. The number of aromatic nitrogens is 1. The largest absolute Gasteiger partial charge is 0.419 e. The van der Waals surface area contributed by atoms with E-state index in [4.69, 9.17) is 16.0 Å². The van der Waals surface area contributed by atoms with Crippen LogP contribution in [0.15, 0.2) is 44.4 Å². The summed E-state index contributed by atoms with van der Waals surface area (Å²) in [6.45, 7) is 1.60. The van der Waals surface area contributed by atoms with E-state index < -0.39 is 20.7 Å². The number of non-ortho nitro benzene ring substituents is 1. The van der Waals surface area contributed by atoms with Gasteiger partial charge in [0.25, 0.3) is 15.7 Å². The van der Waals surface area contributed by atoms with Crippen molar-refractivity contribution in [1.29, 1.82) is 0 Å². The van der Waals surface area contributed by atoms with Gasteiger partial charge in [-0.25, -0.2) is 13.2 Å². The molecule has 0 amide bonds. The van der Waals surface area contributed by atoms with Crippen molar-refractivity contribution < 1.29 is 17.8 Å². The Balaban J connectivity index is 2.10. The van der Waals surface area contributed by atoms with Gasteiger partial charge in [0.15, 0.2) is 5.58 Å². The Kier molecular flexibility index (Phi) is 4.24. The molecule has 0 saturated carbocycles. The Labute approximate surface area is 152 Å². The Bertz CT molecular complexity index is 1210. The number of fused-ring (bicyclic) bond motifs is 1. The third-order valence-electron chi connectivity index (χ3n) is 3.81. The predicted octanol–water partition coefficient (Wildman–Crippen LogP) is 2.80. The van der Waals surface area contributed by atoms with Crippen molar-refractivity contribution in [3.63, 3.8) is 0 Å². The van der Waals surface area contributed by atoms with Gasteiger partial charge in [0, 0.05) is 25.2 Å². The van der Waals surface area contributed by atoms with E-state index in [1.165, 1.54) is 29.8 Å². The number of rotatable bonds is 4. The van der Waals surface area contributed by atoms with Crippen LogP contribution < -0.4 is 10.5 Å². The molecule has 0 atom stereocenters. The van der Waals surface area contributed by atoms with Crippen LogP contribution in [0.4, 0.5) is 11.4 Å². The Morgan fingerprint density at radius 1 is 1.27 bits per heavy atom. The van der Waals surface area contributed by atoms with E-state index in [1.54, 1.807) is 6.92 Å². The van der Waals surface area contributed by atoms with Gasteiger partial charge in [-0.15, -0.1) is 0 Å². The van der Waals surface area contributed by atoms with Gasteiger partial charge in [-0.2, -0.15) is 0 Å². The molecule has 0 spiro atoms. The van der Waals surface area contributed by atoms with Crippen LogP contribution in [0.1, 0.15) is 5.56 Å². The molecule has 9 nitrogen and oxygen atoms in total. The zero-order valence-corrected chi connectivity index (χ0v) is 15.1. The number of nitrogens with zero attached hydrogens (tertiary/aromatic N) is 2. The lowest BCUT2D eigenvalue weighted by atomic mass is 10.2. The fraction of sp³-hybridized carbons (Fsp3) is 0.133. The molecule has 1 heterocycles. The summed E-state index contributed by atoms with van der Waals surface area (Å²) in [7, 11) is -2.72. The maximum Gasteiger partial charge on any atom is 0.419 e. The molecule has 0 saturated heterocycles. The van der Waals surface area contributed by atoms with Crippen LogP contribution in [-0.4, -0.2) is 17.9 Å². The summed E-state index contributed by atoms with van der Waals surface area (Å²) in [5, 5.41) is 10.8. The molecule has 1 aromatic heterocycles. The zero-order valence-electron chi connectivity index (χ0n) is 13.5. The molecule has 0 aliphatic rings. The first-order chi connectivity index (χ1) is 12.1. The quantitative estimate of drug-likeness (QED) is 0.533. The molecule has 0 aliphatic heterocycles. The van der Waals surface area contributed by atoms with Crippen molar-refractivity contribution in [2.24, 2.45) is 7.05 Å². The maximum atomic E-state index is 12.7. The highest BCUT2D eigenvalue weighted by Crippen LogP contribution is 2.30. The van der Waals surface area contributed by atoms with Gasteiger partial charge in [0.05, 0.1) is 21.2 Å². The number of hydrogen-bond donors (Lipinski definition) is 1. The molecule has 136 valence electrons. The maximum absolute atomic E-state index is 12.7. The summed E-state index contributed by atoms with van der Waals surface area (Å²) >= 11 is 6.07. The highest BCUT2D eigenvalue weighted by atomic mass is 35.5. The minimum Gasteiger partial charge on any atom is -0.408 e. The lowest BCUT2D eigenvalue weighted by Crippen LogP contribution is -2.14. The third-order valence-corrected chi connectivity index (χ3v) is 5.64. The van der Waals surface area contributed by atoms with Crippen LogP contribution in [0.2, 0.25) is 5.02 Å². The standard InChI is InChI=1S/C15H12ClN3O6S/c1-8-3-4-9(19(21)22)5-11(8)17-26(23,24)14-7-13-12(6-10(14)16)18(2)15(20)25-13/h3-7,17H,1-2H3. The van der Waals surface area contributed by atoms with Crippen LogP contribution in [0.3, 0.4) is 0 Å². The molecular weight excluding hydrogens is 386 g/mol. The average Bonchev–Trinajstić information content (AvgIpc) is 2.83. The molecule has 0 fully saturated rings. The second-order valence-electron chi connectivity index (χ2n) is 5.54. The van der Waals surface area contributed by atoms with Crippen molar-refractivity contribution in [1.82, 2.24) is 4.57 Å². The first-order valence-electron chi connectivity index (χ1n) is 7.17. The van der Waals surface area contributed by atoms with Gasteiger partial charge in [0.1, 0.15) is 4.90 Å². The van der Waals surface area contributed by atoms with Crippen LogP contribution >= 0.6 is 11.6 Å². The van der Waals surface area contributed by atoms with Gasteiger partial charge >= 0.3 is 5.76 Å². The van der Waals surface area contributed by atoms with Gasteiger partial charge in [-0.3, -0.25) is 19.4 Å². The van der Waals surface area contributed by atoms with E-state index in [1.807, 2.05) is 0 Å². The van der Waals surface area contributed by atoms with E-state index in [2.05, 4.69) is 4.72 Å². The summed E-state index contributed by atoms with van der Waals surface area (Å²) in [5.41, 5.74) is 0.667. The Morgan fingerprint density at radius 3 is 2.62 bits per heavy atom. The molecule has 11 heteroatoms. The number of aryl methyl sites for hydroxylation is 2. The minimum atomic E-state index is -4.18. The number of oxazole rings is 1. The minimum absolute atomic E-state index is 0.0462. The van der Waals surface area contributed by atoms with Crippen LogP contribution in [0.25, 0.3) is 11.1 Å². The summed E-state index contributed by atoms with van der Waals surface area (Å²) in [6.07, 6.45) is 0. The van der Waals surface area contributed by atoms with Crippen LogP contribution in [0, 0.1) is 17.0 Å². The van der Waals surface area contributed by atoms with Crippen LogP contribution in [-0.2, 0) is 17.1 Å². The van der Waals surface area contributed by atoms with E-state index in [0.29, 0.717) is 11.1 Å². The van der Waals surface area contributed by atoms with Crippen LogP contribution in [0.5, 0.6) is 0 Å². The molecule has 0 aliphatic carbocycles. The highest BCUT2D eigenvalue weighted by molar-refractivity contribution is 7.92. The number of nitro benzene ring substituents is 1. The Morgan fingerprint density at radius 2 is 1.96 bits per heavy atom. The summed E-state index contributed by atoms with van der Waals surface area (Å²) < 4.78 is 33.9. The summed E-state index contributed by atoms with van der Waals surface area (Å²) in [4.78, 5) is 21.5. The lowest BCUT2D eigenvalue weighted by molar-refractivity contribution is -0.384. The fourth-order valence-corrected chi connectivity index (χ4v) is 4.03. The molecule has 1 N–H and O–H groups in total. The number of nitrogens with one attached hydrogen (secondary N) is 1. The SMILES string of the molecule is Cc1ccc([N+](=O)[O-])cc1NS(=O)(=O)c1cc2oc(=O)n(C)c2cc1Cl. The molecule has 3 rings (SSSR count). The Hall–Kier alpha value is -2.85. The molecule has 0 bridgehead atoms. The average molecular weight is 398 g/mol. The van der Waals surface area contributed by atoms with Gasteiger partial charge in [0.2, 0.25) is 0 Å². The number of anilines is 1. The number of benzene rings is 2. The number of hydrogen-bond acceptors (Lipinski definition) is 6. The van der Waals surface area contributed by atoms with E-state index in [0.717, 1.165) is 12.1 Å². The molecule has 26 heavy (non-hydrogen) atoms. The van der Waals surface area contributed by atoms with Crippen molar-refractivity contribution >= 4 is 44.1 Å². The number of nitro groups is 1. The summed E-state index contributed by atoms with van der Waals surface area (Å²) in [6, 6.07) is 6.24. The highest BCUT2D eigenvalue weighted by Gasteiger charge is 2.23. The first-order valence-corrected chi connectivity index (χ1v) is 9.03. The molecular formula is C15H12ClN3O6S. The van der Waals surface area contributed by atoms with E-state index in [-0.39, 0.29) is 26.9 Å². The second-order valence-corrected chi connectivity index (χ2v) is 7.60. The smallest absolute Gasteiger partial charge is 0.408 e. The molecule has 0 radical (unpaired) electrons. The monoisotopic (exact) mass is 397 g/mol. The lowest BCUT2D eigenvalue weighted by Gasteiger charge is -2.11. The molecule has 0 unspecified atom stereocenters. The number of sulfonamides is 1. The van der Waals surface area contributed by atoms with Gasteiger partial charge < -0.3 is 4.42 Å². The zero-order chi connectivity index (χ0) is 19.2. The first kappa shape index (κ1) is 18.0. The predicted molar refractivity (Wildman–Crippen MR) is 95.1 cm³/mol. The topological polar surface area (TPSA) is 124 Å². The van der Waals surface area contributed by atoms with Crippen molar-refractivity contribution in [2.75, 3.05) is 4.72 Å². The van der Waals surface area contributed by atoms with Crippen molar-refractivity contribution in [2.45, 2.75) is 11.8 Å². The number of halogens is 1. The third kappa shape index (κ3) is 3.04. The van der Waals surface area contributed by atoms with Crippen molar-refractivity contribution in [3.05, 3.63) is 61.6 Å². The van der Waals surface area contributed by atoms with E-state index >= 15 is 0 Å². The summed E-state index contributed by atoms with van der Waals surface area (Å²) in [5.74, 6) is -0.659. The second kappa shape index (κ2) is 6.15. The fourth-order valence-electron chi connectivity index (χ4n) is 2.37. The molecule has 2 aromatic carbocycles. The van der Waals surface area contributed by atoms with E-state index in [9.17, 15) is 23.3 Å². The normalized spacial score (nSPS) is 11.7. The van der Waals surface area contributed by atoms with Gasteiger partial charge in [-0.1, -0.05) is 17.7 Å². The van der Waals surface area contributed by atoms with Gasteiger partial charge in [-0.05, 0) is 18.6 Å². The van der Waals surface area contributed by atoms with Crippen molar-refractivity contribution in [3.8, 4) is 0 Å².